The van der Waals surface area contributed by atoms with Crippen molar-refractivity contribution in [3.05, 3.63) is 67.5 Å². The number of carboxylic acids is 1. The Balaban J connectivity index is 1.81. The van der Waals surface area contributed by atoms with Crippen LogP contribution in [-0.2, 0) is 14.3 Å². The largest absolute Gasteiger partial charge is 0.481 e. The van der Waals surface area contributed by atoms with E-state index >= 15 is 0 Å². The number of aromatic nitrogens is 1. The Labute approximate surface area is 240 Å². The summed E-state index contributed by atoms with van der Waals surface area (Å²) >= 11 is 5.90. The molecule has 2 aliphatic heterocycles. The van der Waals surface area contributed by atoms with E-state index in [1.165, 1.54) is 23.5 Å². The number of hydrogen-bond donors (Lipinski definition) is 2. The van der Waals surface area contributed by atoms with Gasteiger partial charge in [-0.3, -0.25) is 9.69 Å². The molecule has 1 unspecified atom stereocenters. The number of nitrogens with zero attached hydrogens (tertiary/aromatic N) is 2. The van der Waals surface area contributed by atoms with Crippen LogP contribution >= 0.6 is 39.0 Å². The Morgan fingerprint density at radius 1 is 1.38 bits per heavy atom. The number of allylic oxidation sites excluding steroid dienone is 1. The molecule has 0 saturated carbocycles. The molecule has 13 heteroatoms. The summed E-state index contributed by atoms with van der Waals surface area (Å²) in [6.07, 6.45) is 1.23. The van der Waals surface area contributed by atoms with Crippen molar-refractivity contribution < 1.29 is 32.6 Å². The fourth-order valence-corrected chi connectivity index (χ4v) is 7.09. The van der Waals surface area contributed by atoms with Crippen molar-refractivity contribution >= 4 is 56.7 Å². The van der Waals surface area contributed by atoms with Crippen LogP contribution in [0.25, 0.3) is 5.70 Å². The van der Waals surface area contributed by atoms with Gasteiger partial charge in [-0.2, -0.15) is 0 Å². The summed E-state index contributed by atoms with van der Waals surface area (Å²) in [4.78, 5) is 30.4. The quantitative estimate of drug-likeness (QED) is 0.327. The van der Waals surface area contributed by atoms with Crippen LogP contribution in [0, 0.1) is 5.82 Å². The molecule has 1 aromatic carbocycles. The summed E-state index contributed by atoms with van der Waals surface area (Å²) in [5.74, 6) is -5.70. The van der Waals surface area contributed by atoms with Gasteiger partial charge >= 0.3 is 11.9 Å². The number of thioether (sulfide) groups is 1. The number of aliphatic carboxylic acids is 1. The highest BCUT2D eigenvalue weighted by Crippen LogP contribution is 2.44. The Morgan fingerprint density at radius 2 is 2.15 bits per heavy atom. The van der Waals surface area contributed by atoms with E-state index in [-0.39, 0.29) is 30.2 Å². The number of benzene rings is 1. The first-order valence-electron chi connectivity index (χ1n) is 12.1. The van der Waals surface area contributed by atoms with Crippen LogP contribution in [-0.4, -0.2) is 70.1 Å². The van der Waals surface area contributed by atoms with Crippen LogP contribution in [0.3, 0.4) is 0 Å². The number of hydrogen-bond acceptors (Lipinski definition) is 8. The second kappa shape index (κ2) is 12.4. The number of likely N-dealkylation sites (tertiary alicyclic amines) is 1. The Kier molecular flexibility index (Phi) is 9.45. The Bertz CT molecular complexity index is 1300. The number of dihydropyridines is 1. The normalized spacial score (nSPS) is 21.3. The van der Waals surface area contributed by atoms with E-state index in [4.69, 9.17) is 9.84 Å². The van der Waals surface area contributed by atoms with Gasteiger partial charge in [-0.25, -0.2) is 22.9 Å². The van der Waals surface area contributed by atoms with E-state index in [9.17, 15) is 22.8 Å². The Hall–Kier alpha value is -2.35. The fourth-order valence-electron chi connectivity index (χ4n) is 4.92. The van der Waals surface area contributed by atoms with Crippen molar-refractivity contribution in [3.63, 3.8) is 0 Å². The summed E-state index contributed by atoms with van der Waals surface area (Å²) in [5, 5.41) is 14.8. The smallest absolute Gasteiger partial charge is 0.336 e. The zero-order valence-electron chi connectivity index (χ0n) is 21.2. The highest BCUT2D eigenvalue weighted by molar-refractivity contribution is 9.10. The molecule has 210 valence electrons. The van der Waals surface area contributed by atoms with E-state index in [0.717, 1.165) is 17.3 Å². The number of thiazole rings is 1. The van der Waals surface area contributed by atoms with Gasteiger partial charge in [-0.05, 0) is 37.1 Å². The topological polar surface area (TPSA) is 91.8 Å². The first kappa shape index (κ1) is 29.6. The van der Waals surface area contributed by atoms with Gasteiger partial charge in [0.2, 0.25) is 0 Å². The number of nitrogens with one attached hydrogen (secondary N) is 1. The maximum absolute atomic E-state index is 14.6. The van der Waals surface area contributed by atoms with E-state index in [2.05, 4.69) is 26.2 Å². The molecule has 0 amide bonds. The standard InChI is InChI=1S/C26H27BrF3N3O4S2/c1-3-37-25(36)22-19(10-33-13-26(29,30)9-16(33)11-38-12-20(34)35)32-23(24-31-6-7-39-24)14(2)21(22)17-5-4-15(28)8-18(17)27/h4-8,16,21,32H,3,9-13H2,1-2H3,(H,34,35)/t16?,21-/m0/s1. The molecule has 3 heterocycles. The number of carbonyl (C=O) groups is 2. The third kappa shape index (κ3) is 6.87. The zero-order chi connectivity index (χ0) is 28.3. The number of ether oxygens (including phenoxy) is 1. The first-order valence-corrected chi connectivity index (χ1v) is 15.0. The first-order chi connectivity index (χ1) is 18.5. The maximum Gasteiger partial charge on any atom is 0.336 e. The van der Waals surface area contributed by atoms with Crippen LogP contribution < -0.4 is 5.32 Å². The zero-order valence-corrected chi connectivity index (χ0v) is 24.4. The number of rotatable bonds is 10. The lowest BCUT2D eigenvalue weighted by Gasteiger charge is -2.34. The molecule has 1 saturated heterocycles. The SMILES string of the molecule is CCOC(=O)C1=C(CN2CC(F)(F)CC2CSCC(=O)O)NC(c2nccs2)=C(C)[C@H]1c1ccc(F)cc1Br. The molecule has 0 aliphatic carbocycles. The molecule has 4 rings (SSSR count). The number of alkyl halides is 2. The molecule has 2 N–H and O–H groups in total. The van der Waals surface area contributed by atoms with Crippen molar-refractivity contribution in [1.82, 2.24) is 15.2 Å². The lowest BCUT2D eigenvalue weighted by molar-refractivity contribution is -0.139. The van der Waals surface area contributed by atoms with Crippen LogP contribution in [0.4, 0.5) is 13.2 Å². The predicted molar refractivity (Wildman–Crippen MR) is 148 cm³/mol. The van der Waals surface area contributed by atoms with Gasteiger partial charge in [0.15, 0.2) is 0 Å². The lowest BCUT2D eigenvalue weighted by atomic mass is 9.80. The molecular weight excluding hydrogens is 619 g/mol. The average molecular weight is 647 g/mol. The molecule has 1 aromatic heterocycles. The van der Waals surface area contributed by atoms with Gasteiger partial charge in [0.25, 0.3) is 5.92 Å². The van der Waals surface area contributed by atoms with E-state index < -0.39 is 48.6 Å². The van der Waals surface area contributed by atoms with Gasteiger partial charge in [0.05, 0.1) is 30.2 Å². The lowest BCUT2D eigenvalue weighted by Crippen LogP contribution is -2.40. The third-order valence-electron chi connectivity index (χ3n) is 6.51. The molecule has 2 aliphatic rings. The monoisotopic (exact) mass is 645 g/mol. The predicted octanol–water partition coefficient (Wildman–Crippen LogP) is 5.51. The van der Waals surface area contributed by atoms with E-state index in [0.29, 0.717) is 26.4 Å². The minimum Gasteiger partial charge on any atom is -0.481 e. The van der Waals surface area contributed by atoms with Gasteiger partial charge in [-0.15, -0.1) is 23.1 Å². The van der Waals surface area contributed by atoms with Crippen LogP contribution in [0.2, 0.25) is 0 Å². The molecule has 7 nitrogen and oxygen atoms in total. The van der Waals surface area contributed by atoms with Gasteiger partial charge in [0.1, 0.15) is 10.8 Å². The van der Waals surface area contributed by atoms with Crippen molar-refractivity contribution in [2.75, 3.05) is 31.2 Å². The second-order valence-corrected chi connectivity index (χ2v) is 12.0. The summed E-state index contributed by atoms with van der Waals surface area (Å²) in [7, 11) is 0. The van der Waals surface area contributed by atoms with E-state index in [1.807, 2.05) is 6.92 Å². The molecule has 2 aromatic rings. The van der Waals surface area contributed by atoms with Crippen LogP contribution in [0.15, 0.2) is 51.1 Å². The molecule has 0 spiro atoms. The van der Waals surface area contributed by atoms with Gasteiger partial charge in [-0.1, -0.05) is 22.0 Å². The second-order valence-electron chi connectivity index (χ2n) is 9.26. The molecule has 0 bridgehead atoms. The number of carboxylic acid groups (broad SMARTS) is 1. The summed E-state index contributed by atoms with van der Waals surface area (Å²) < 4.78 is 49.1. The minimum absolute atomic E-state index is 0.0283. The highest BCUT2D eigenvalue weighted by Gasteiger charge is 2.46. The fraction of sp³-hybridized carbons (Fsp3) is 0.423. The third-order valence-corrected chi connectivity index (χ3v) is 9.06. The maximum atomic E-state index is 14.6. The van der Waals surface area contributed by atoms with Crippen molar-refractivity contribution in [1.29, 1.82) is 0 Å². The summed E-state index contributed by atoms with van der Waals surface area (Å²) in [5.41, 5.74) is 2.62. The minimum atomic E-state index is -2.96. The average Bonchev–Trinajstić information content (AvgIpc) is 3.47. The molecular formula is C26H27BrF3N3O4S2. The molecule has 2 atom stereocenters. The van der Waals surface area contributed by atoms with Crippen LogP contribution in [0.5, 0.6) is 0 Å². The van der Waals surface area contributed by atoms with Gasteiger partial charge in [0, 0.05) is 52.4 Å². The summed E-state index contributed by atoms with van der Waals surface area (Å²) in [6, 6.07) is 3.60. The number of carbonyl (C=O) groups excluding carboxylic acids is 1. The molecule has 39 heavy (non-hydrogen) atoms. The van der Waals surface area contributed by atoms with Gasteiger partial charge < -0.3 is 15.2 Å². The Morgan fingerprint density at radius 3 is 2.79 bits per heavy atom. The van der Waals surface area contributed by atoms with Crippen molar-refractivity contribution in [3.8, 4) is 0 Å². The molecule has 1 fully saturated rings. The highest BCUT2D eigenvalue weighted by atomic mass is 79.9. The van der Waals surface area contributed by atoms with Crippen molar-refractivity contribution in [2.45, 2.75) is 38.2 Å². The van der Waals surface area contributed by atoms with Crippen LogP contribution in [0.1, 0.15) is 36.8 Å². The van der Waals surface area contributed by atoms with E-state index in [1.54, 1.807) is 29.5 Å². The molecule has 0 radical (unpaired) electrons. The number of esters is 1. The number of halogens is 4. The van der Waals surface area contributed by atoms with Crippen molar-refractivity contribution in [2.24, 2.45) is 0 Å². The summed E-state index contributed by atoms with van der Waals surface area (Å²) in [6.45, 7) is 3.06.